The van der Waals surface area contributed by atoms with Crippen molar-refractivity contribution in [3.8, 4) is 0 Å². The molecule has 0 saturated carbocycles. The zero-order chi connectivity index (χ0) is 20.9. The number of amides is 1. The molecule has 1 N–H and O–H groups in total. The average Bonchev–Trinajstić information content (AvgIpc) is 3.37. The molecule has 152 valence electrons. The van der Waals surface area contributed by atoms with Gasteiger partial charge in [0.2, 0.25) is 5.13 Å². The Morgan fingerprint density at radius 1 is 1.07 bits per heavy atom. The number of anilines is 1. The molecule has 2 aromatic carbocycles. The molecule has 5 nitrogen and oxygen atoms in total. The Morgan fingerprint density at radius 2 is 1.87 bits per heavy atom. The summed E-state index contributed by atoms with van der Waals surface area (Å²) in [4.78, 5) is 18.3. The smallest absolute Gasteiger partial charge is 0.258 e. The van der Waals surface area contributed by atoms with Gasteiger partial charge in [0.1, 0.15) is 5.01 Å². The van der Waals surface area contributed by atoms with Crippen LogP contribution in [0.1, 0.15) is 37.2 Å². The van der Waals surface area contributed by atoms with Crippen LogP contribution in [0.5, 0.6) is 0 Å². The number of thioether (sulfide) groups is 1. The van der Waals surface area contributed by atoms with Gasteiger partial charge in [0.05, 0.1) is 16.3 Å². The fourth-order valence-electron chi connectivity index (χ4n) is 2.83. The highest BCUT2D eigenvalue weighted by Gasteiger charge is 2.15. The zero-order valence-corrected chi connectivity index (χ0v) is 19.0. The quantitative estimate of drug-likeness (QED) is 0.362. The minimum absolute atomic E-state index is 0.175. The normalized spacial score (nSPS) is 10.9. The molecule has 8 heteroatoms. The van der Waals surface area contributed by atoms with E-state index in [0.717, 1.165) is 26.4 Å². The fourth-order valence-corrected chi connectivity index (χ4v) is 5.26. The number of hydrogen-bond acceptors (Lipinski definition) is 7. The number of aryl methyl sites for hydroxylation is 2. The van der Waals surface area contributed by atoms with Crippen LogP contribution in [0.4, 0.5) is 5.13 Å². The first kappa shape index (κ1) is 20.7. The molecule has 0 fully saturated rings. The van der Waals surface area contributed by atoms with E-state index >= 15 is 0 Å². The Bertz CT molecular complexity index is 1150. The van der Waals surface area contributed by atoms with Crippen LogP contribution >= 0.6 is 34.4 Å². The van der Waals surface area contributed by atoms with Gasteiger partial charge in [-0.25, -0.2) is 4.98 Å². The molecule has 0 aliphatic carbocycles. The molecule has 0 radical (unpaired) electrons. The Kier molecular flexibility index (Phi) is 6.56. The van der Waals surface area contributed by atoms with Crippen LogP contribution in [0.2, 0.25) is 0 Å². The van der Waals surface area contributed by atoms with E-state index in [2.05, 4.69) is 57.1 Å². The summed E-state index contributed by atoms with van der Waals surface area (Å²) >= 11 is 4.65. The van der Waals surface area contributed by atoms with Crippen LogP contribution in [-0.4, -0.2) is 21.1 Å². The Balaban J connectivity index is 1.41. The molecule has 0 atom stereocenters. The van der Waals surface area contributed by atoms with E-state index in [-0.39, 0.29) is 5.91 Å². The second-order valence-electron chi connectivity index (χ2n) is 6.76. The van der Waals surface area contributed by atoms with Crippen molar-refractivity contribution in [2.45, 2.75) is 30.9 Å². The SMILES string of the molecule is Cc1ccc(Cc2nnc(NC(=O)c3ccccc3SCc3csc(C)n3)s2)cc1. The fraction of sp³-hybridized carbons (Fsp3) is 0.182. The largest absolute Gasteiger partial charge is 0.296 e. The first-order valence-corrected chi connectivity index (χ1v) is 12.1. The van der Waals surface area contributed by atoms with E-state index in [1.165, 1.54) is 22.5 Å². The second-order valence-corrected chi connectivity index (χ2v) is 9.90. The van der Waals surface area contributed by atoms with E-state index < -0.39 is 0 Å². The van der Waals surface area contributed by atoms with Gasteiger partial charge in [-0.2, -0.15) is 0 Å². The molecule has 0 bridgehead atoms. The number of nitrogens with zero attached hydrogens (tertiary/aromatic N) is 3. The molecular weight excluding hydrogens is 432 g/mol. The van der Waals surface area contributed by atoms with Gasteiger partial charge in [0, 0.05) is 22.4 Å². The highest BCUT2D eigenvalue weighted by Crippen LogP contribution is 2.28. The zero-order valence-electron chi connectivity index (χ0n) is 16.6. The second kappa shape index (κ2) is 9.51. The molecule has 0 spiro atoms. The molecule has 1 amide bonds. The van der Waals surface area contributed by atoms with Crippen molar-refractivity contribution in [2.24, 2.45) is 0 Å². The summed E-state index contributed by atoms with van der Waals surface area (Å²) in [6.45, 7) is 4.06. The van der Waals surface area contributed by atoms with E-state index in [4.69, 9.17) is 0 Å². The van der Waals surface area contributed by atoms with E-state index in [0.29, 0.717) is 17.1 Å². The third kappa shape index (κ3) is 5.33. The number of thiazole rings is 1. The van der Waals surface area contributed by atoms with Crippen molar-refractivity contribution >= 4 is 45.5 Å². The molecule has 0 aliphatic heterocycles. The molecular formula is C22H20N4OS3. The Hall–Kier alpha value is -2.55. The standard InChI is InChI=1S/C22H20N4OS3/c1-14-7-9-16(10-8-14)11-20-25-26-22(30-20)24-21(27)18-5-3-4-6-19(18)29-13-17-12-28-15(2)23-17/h3-10,12H,11,13H2,1-2H3,(H,24,26,27). The van der Waals surface area contributed by atoms with Gasteiger partial charge in [0.15, 0.2) is 0 Å². The van der Waals surface area contributed by atoms with Crippen molar-refractivity contribution in [1.82, 2.24) is 15.2 Å². The van der Waals surface area contributed by atoms with Crippen molar-refractivity contribution < 1.29 is 4.79 Å². The predicted molar refractivity (Wildman–Crippen MR) is 125 cm³/mol. The number of rotatable bonds is 7. The highest BCUT2D eigenvalue weighted by molar-refractivity contribution is 7.98. The van der Waals surface area contributed by atoms with Crippen LogP contribution in [0.25, 0.3) is 0 Å². The lowest BCUT2D eigenvalue weighted by Crippen LogP contribution is -2.12. The van der Waals surface area contributed by atoms with Crippen molar-refractivity contribution in [3.05, 3.63) is 86.3 Å². The number of carbonyl (C=O) groups excluding carboxylic acids is 1. The molecule has 2 aromatic heterocycles. The summed E-state index contributed by atoms with van der Waals surface area (Å²) in [5.41, 5.74) is 4.06. The summed E-state index contributed by atoms with van der Waals surface area (Å²) < 4.78 is 0. The van der Waals surface area contributed by atoms with Gasteiger partial charge in [-0.05, 0) is 31.5 Å². The maximum atomic E-state index is 12.9. The molecule has 4 aromatic rings. The lowest BCUT2D eigenvalue weighted by molar-refractivity contribution is 0.102. The van der Waals surface area contributed by atoms with Gasteiger partial charge in [-0.15, -0.1) is 33.3 Å². The van der Waals surface area contributed by atoms with E-state index in [1.54, 1.807) is 23.1 Å². The summed E-state index contributed by atoms with van der Waals surface area (Å²) in [6.07, 6.45) is 0.702. The van der Waals surface area contributed by atoms with Crippen LogP contribution in [0, 0.1) is 13.8 Å². The third-order valence-corrected chi connectivity index (χ3v) is 7.11. The van der Waals surface area contributed by atoms with Crippen molar-refractivity contribution in [2.75, 3.05) is 5.32 Å². The molecule has 0 aliphatic rings. The summed E-state index contributed by atoms with van der Waals surface area (Å²) in [6, 6.07) is 15.9. The minimum atomic E-state index is -0.175. The van der Waals surface area contributed by atoms with E-state index in [9.17, 15) is 4.79 Å². The Morgan fingerprint density at radius 3 is 2.63 bits per heavy atom. The molecule has 2 heterocycles. The average molecular weight is 453 g/mol. The van der Waals surface area contributed by atoms with Gasteiger partial charge < -0.3 is 0 Å². The summed E-state index contributed by atoms with van der Waals surface area (Å²) in [7, 11) is 0. The first-order valence-electron chi connectivity index (χ1n) is 9.39. The topological polar surface area (TPSA) is 67.8 Å². The Labute approximate surface area is 187 Å². The van der Waals surface area contributed by atoms with Gasteiger partial charge in [-0.3, -0.25) is 10.1 Å². The minimum Gasteiger partial charge on any atom is -0.296 e. The first-order chi connectivity index (χ1) is 14.6. The maximum absolute atomic E-state index is 12.9. The van der Waals surface area contributed by atoms with Gasteiger partial charge in [0.25, 0.3) is 5.91 Å². The van der Waals surface area contributed by atoms with Gasteiger partial charge >= 0.3 is 0 Å². The highest BCUT2D eigenvalue weighted by atomic mass is 32.2. The van der Waals surface area contributed by atoms with E-state index in [1.807, 2.05) is 31.2 Å². The monoisotopic (exact) mass is 452 g/mol. The number of aromatic nitrogens is 3. The van der Waals surface area contributed by atoms with Crippen molar-refractivity contribution in [3.63, 3.8) is 0 Å². The van der Waals surface area contributed by atoms with Crippen molar-refractivity contribution in [1.29, 1.82) is 0 Å². The van der Waals surface area contributed by atoms with Crippen LogP contribution in [0.3, 0.4) is 0 Å². The lowest BCUT2D eigenvalue weighted by atomic mass is 10.1. The molecule has 0 saturated heterocycles. The predicted octanol–water partition coefficient (Wildman–Crippen LogP) is 5.75. The van der Waals surface area contributed by atoms with Crippen LogP contribution in [-0.2, 0) is 12.2 Å². The third-order valence-electron chi connectivity index (χ3n) is 4.34. The molecule has 0 unspecified atom stereocenters. The van der Waals surface area contributed by atoms with Gasteiger partial charge in [-0.1, -0.05) is 53.3 Å². The van der Waals surface area contributed by atoms with Crippen LogP contribution in [0.15, 0.2) is 58.8 Å². The van der Waals surface area contributed by atoms with Crippen LogP contribution < -0.4 is 5.32 Å². The lowest BCUT2D eigenvalue weighted by Gasteiger charge is -2.07. The molecule has 4 rings (SSSR count). The number of benzene rings is 2. The number of carbonyl (C=O) groups is 1. The summed E-state index contributed by atoms with van der Waals surface area (Å²) in [5, 5.41) is 15.8. The number of nitrogens with one attached hydrogen (secondary N) is 1. The summed E-state index contributed by atoms with van der Waals surface area (Å²) in [5.74, 6) is 0.555. The number of hydrogen-bond donors (Lipinski definition) is 1. The molecule has 30 heavy (non-hydrogen) atoms. The maximum Gasteiger partial charge on any atom is 0.258 e.